The lowest BCUT2D eigenvalue weighted by molar-refractivity contribution is 0.582. The van der Waals surface area contributed by atoms with Crippen LogP contribution < -0.4 is 11.2 Å². The van der Waals surface area contributed by atoms with E-state index in [4.69, 9.17) is 5.10 Å². The molecule has 0 saturated carbocycles. The van der Waals surface area contributed by atoms with Gasteiger partial charge >= 0.3 is 5.69 Å². The van der Waals surface area contributed by atoms with E-state index >= 15 is 0 Å². The van der Waals surface area contributed by atoms with Gasteiger partial charge in [0.25, 0.3) is 5.56 Å². The fraction of sp³-hybridized carbons (Fsp3) is 0.259. The molecule has 0 amide bonds. The smallest absolute Gasteiger partial charge is 0.277 e. The van der Waals surface area contributed by atoms with Crippen molar-refractivity contribution < 1.29 is 0 Å². The van der Waals surface area contributed by atoms with Crippen LogP contribution in [-0.4, -0.2) is 23.9 Å². The summed E-state index contributed by atoms with van der Waals surface area (Å²) in [6.45, 7) is 8.42. The van der Waals surface area contributed by atoms with E-state index in [9.17, 15) is 9.59 Å². The van der Waals surface area contributed by atoms with Crippen LogP contribution in [0.2, 0.25) is 0 Å². The van der Waals surface area contributed by atoms with Gasteiger partial charge in [-0.15, -0.1) is 0 Å². The molecule has 0 N–H and O–H groups in total. The molecular weight excluding hydrogens is 426 g/mol. The number of pyridine rings is 1. The van der Waals surface area contributed by atoms with Crippen LogP contribution >= 0.6 is 0 Å². The third-order valence-electron chi connectivity index (χ3n) is 6.50. The monoisotopic (exact) mass is 453 g/mol. The molecular formula is C27H27N5O2. The highest BCUT2D eigenvalue weighted by Crippen LogP contribution is 2.32. The van der Waals surface area contributed by atoms with Gasteiger partial charge < -0.3 is 0 Å². The van der Waals surface area contributed by atoms with Gasteiger partial charge in [-0.2, -0.15) is 10.1 Å². The number of nitrogens with zero attached hydrogens (tertiary/aromatic N) is 5. The van der Waals surface area contributed by atoms with Crippen LogP contribution in [0.25, 0.3) is 33.8 Å². The molecule has 2 aliphatic rings. The average Bonchev–Trinajstić information content (AvgIpc) is 3.17. The molecule has 3 aromatic rings. The Bertz CT molecular complexity index is 1610. The van der Waals surface area contributed by atoms with Crippen molar-refractivity contribution in [3.05, 3.63) is 92.3 Å². The second-order valence-corrected chi connectivity index (χ2v) is 8.71. The van der Waals surface area contributed by atoms with Crippen LogP contribution in [-0.2, 0) is 6.54 Å². The van der Waals surface area contributed by atoms with E-state index in [1.165, 1.54) is 4.57 Å². The minimum atomic E-state index is -0.521. The van der Waals surface area contributed by atoms with E-state index < -0.39 is 5.69 Å². The quantitative estimate of drug-likeness (QED) is 0.391. The van der Waals surface area contributed by atoms with Crippen molar-refractivity contribution in [1.82, 2.24) is 23.9 Å². The largest absolute Gasteiger partial charge is 0.352 e. The second kappa shape index (κ2) is 8.41. The fourth-order valence-corrected chi connectivity index (χ4v) is 4.46. The maximum Gasteiger partial charge on any atom is 0.352 e. The van der Waals surface area contributed by atoms with Gasteiger partial charge in [-0.05, 0) is 62.6 Å². The maximum absolute atomic E-state index is 13.5. The van der Waals surface area contributed by atoms with Crippen molar-refractivity contribution >= 4 is 11.0 Å². The lowest BCUT2D eigenvalue weighted by Gasteiger charge is -2.20. The molecule has 7 heteroatoms. The molecule has 0 atom stereocenters. The van der Waals surface area contributed by atoms with E-state index in [0.29, 0.717) is 17.9 Å². The highest BCUT2D eigenvalue weighted by atomic mass is 16.2. The van der Waals surface area contributed by atoms with E-state index in [0.717, 1.165) is 52.1 Å². The van der Waals surface area contributed by atoms with Crippen LogP contribution in [0.15, 0.2) is 64.2 Å². The Kier molecular flexibility index (Phi) is 5.40. The molecule has 1 aromatic heterocycles. The first kappa shape index (κ1) is 21.8. The van der Waals surface area contributed by atoms with Gasteiger partial charge in [-0.25, -0.2) is 9.48 Å². The average molecular weight is 454 g/mol. The number of fused-ring (bicyclic) bond motifs is 2. The van der Waals surface area contributed by atoms with Crippen LogP contribution in [0.1, 0.15) is 36.6 Å². The number of aromatic nitrogens is 5. The van der Waals surface area contributed by atoms with Crippen LogP contribution in [0.4, 0.5) is 0 Å². The number of aryl methyl sites for hydroxylation is 2. The summed E-state index contributed by atoms with van der Waals surface area (Å²) in [7, 11) is 0. The summed E-state index contributed by atoms with van der Waals surface area (Å²) >= 11 is 0. The van der Waals surface area contributed by atoms with Crippen molar-refractivity contribution in [2.24, 2.45) is 0 Å². The summed E-state index contributed by atoms with van der Waals surface area (Å²) in [5.74, 6) is 0.348. The van der Waals surface area contributed by atoms with Crippen LogP contribution in [0, 0.1) is 20.8 Å². The molecule has 3 heterocycles. The SMILES string of the molecule is CCCCn1c(=O)nc2n(-c3cccc(C)c3C)c3c(cc-2c1=O)c(C)nn3-c1ccccc1. The minimum absolute atomic E-state index is 0.309. The third kappa shape index (κ3) is 3.36. The number of unbranched alkanes of at least 4 members (excludes halogenated alkanes) is 1. The summed E-state index contributed by atoms with van der Waals surface area (Å²) in [6.07, 6.45) is 1.63. The van der Waals surface area contributed by atoms with E-state index in [2.05, 4.69) is 4.98 Å². The molecule has 0 spiro atoms. The fourth-order valence-electron chi connectivity index (χ4n) is 4.46. The molecule has 0 saturated heterocycles. The maximum atomic E-state index is 13.5. The Labute approximate surface area is 197 Å². The first-order valence-electron chi connectivity index (χ1n) is 11.6. The standard InChI is InChI=1S/C27H27N5O2/c1-5-6-15-30-26(33)22-16-21-19(4)29-32(20-12-8-7-9-13-20)25(21)31(24(22)28-27(30)34)23-14-10-11-17(2)18(23)3/h7-14,16H,5-6,15H2,1-4H3. The van der Waals surface area contributed by atoms with Gasteiger partial charge in [0.2, 0.25) is 0 Å². The molecule has 2 aromatic carbocycles. The molecule has 0 bridgehead atoms. The molecule has 5 rings (SSSR count). The molecule has 0 unspecified atom stereocenters. The van der Waals surface area contributed by atoms with Crippen molar-refractivity contribution in [3.63, 3.8) is 0 Å². The lowest BCUT2D eigenvalue weighted by Crippen LogP contribution is -2.38. The normalized spacial score (nSPS) is 11.5. The molecule has 7 nitrogen and oxygen atoms in total. The molecule has 0 radical (unpaired) electrons. The Morgan fingerprint density at radius 3 is 2.44 bits per heavy atom. The predicted molar refractivity (Wildman–Crippen MR) is 134 cm³/mol. The zero-order chi connectivity index (χ0) is 24.0. The van der Waals surface area contributed by atoms with Crippen molar-refractivity contribution in [2.45, 2.75) is 47.1 Å². The summed E-state index contributed by atoms with van der Waals surface area (Å²) < 4.78 is 5.04. The molecule has 2 aliphatic heterocycles. The van der Waals surface area contributed by atoms with Crippen molar-refractivity contribution in [2.75, 3.05) is 0 Å². The van der Waals surface area contributed by atoms with E-state index in [1.54, 1.807) is 0 Å². The zero-order valence-corrected chi connectivity index (χ0v) is 19.9. The van der Waals surface area contributed by atoms with Gasteiger partial charge in [0.1, 0.15) is 5.65 Å². The summed E-state index contributed by atoms with van der Waals surface area (Å²) in [5.41, 5.74) is 5.05. The van der Waals surface area contributed by atoms with E-state index in [1.807, 2.05) is 91.5 Å². The Morgan fingerprint density at radius 2 is 1.71 bits per heavy atom. The molecule has 0 aliphatic carbocycles. The summed E-state index contributed by atoms with van der Waals surface area (Å²) in [5, 5.41) is 5.67. The number of hydrogen-bond acceptors (Lipinski definition) is 4. The van der Waals surface area contributed by atoms with Crippen LogP contribution in [0.3, 0.4) is 0 Å². The van der Waals surface area contributed by atoms with Crippen molar-refractivity contribution in [1.29, 1.82) is 0 Å². The summed E-state index contributed by atoms with van der Waals surface area (Å²) in [4.78, 5) is 31.0. The Balaban J connectivity index is 2.00. The van der Waals surface area contributed by atoms with Gasteiger partial charge in [-0.3, -0.25) is 13.9 Å². The van der Waals surface area contributed by atoms with Gasteiger partial charge in [0, 0.05) is 11.9 Å². The third-order valence-corrected chi connectivity index (χ3v) is 6.50. The number of para-hydroxylation sites is 1. The topological polar surface area (TPSA) is 74.7 Å². The first-order valence-corrected chi connectivity index (χ1v) is 11.6. The van der Waals surface area contributed by atoms with Gasteiger partial charge in [-0.1, -0.05) is 43.7 Å². The number of rotatable bonds is 5. The molecule has 0 fully saturated rings. The highest BCUT2D eigenvalue weighted by Gasteiger charge is 2.25. The van der Waals surface area contributed by atoms with Crippen LogP contribution in [0.5, 0.6) is 0 Å². The lowest BCUT2D eigenvalue weighted by atomic mass is 10.1. The first-order chi connectivity index (χ1) is 16.4. The number of hydrogen-bond donors (Lipinski definition) is 0. The number of benzene rings is 2. The van der Waals surface area contributed by atoms with E-state index in [-0.39, 0.29) is 5.56 Å². The second-order valence-electron chi connectivity index (χ2n) is 8.71. The Hall–Kier alpha value is -4.00. The minimum Gasteiger partial charge on any atom is -0.277 e. The summed E-state index contributed by atoms with van der Waals surface area (Å²) in [6, 6.07) is 17.7. The zero-order valence-electron chi connectivity index (χ0n) is 19.9. The molecule has 172 valence electrons. The Morgan fingerprint density at radius 1 is 0.941 bits per heavy atom. The van der Waals surface area contributed by atoms with Crippen molar-refractivity contribution in [3.8, 4) is 22.8 Å². The highest BCUT2D eigenvalue weighted by molar-refractivity contribution is 5.88. The predicted octanol–water partition coefficient (Wildman–Crippen LogP) is 4.56. The molecule has 34 heavy (non-hydrogen) atoms. The van der Waals surface area contributed by atoms with Gasteiger partial charge in [0.15, 0.2) is 5.82 Å². The van der Waals surface area contributed by atoms with Gasteiger partial charge in [0.05, 0.1) is 22.6 Å².